The molecule has 0 radical (unpaired) electrons. The molecule has 6 aromatic rings. The van der Waals surface area contributed by atoms with Gasteiger partial charge in [0.25, 0.3) is 0 Å². The van der Waals surface area contributed by atoms with Crippen LogP contribution in [0.5, 0.6) is 0 Å². The molecule has 0 fully saturated rings. The van der Waals surface area contributed by atoms with Crippen LogP contribution in [0.25, 0.3) is 22.3 Å². The van der Waals surface area contributed by atoms with Crippen LogP contribution in [0.4, 0.5) is 17.1 Å². The lowest BCUT2D eigenvalue weighted by Gasteiger charge is -2.36. The smallest absolute Gasteiger partial charge is 0.115 e. The predicted octanol–water partition coefficient (Wildman–Crippen LogP) is 10.4. The van der Waals surface area contributed by atoms with Crippen LogP contribution in [0, 0.1) is 0 Å². The zero-order valence-electron chi connectivity index (χ0n) is 25.6. The van der Waals surface area contributed by atoms with Crippen LogP contribution in [0.2, 0.25) is 13.1 Å². The molecule has 0 unspecified atom stereocenters. The molecule has 0 saturated carbocycles. The summed E-state index contributed by atoms with van der Waals surface area (Å²) in [6.07, 6.45) is 0. The van der Waals surface area contributed by atoms with Gasteiger partial charge in [0.1, 0.15) is 8.07 Å². The van der Waals surface area contributed by atoms with E-state index < -0.39 is 8.07 Å². The topological polar surface area (TPSA) is 3.24 Å². The van der Waals surface area contributed by atoms with Crippen molar-refractivity contribution in [1.82, 2.24) is 0 Å². The molecule has 3 heteroatoms. The summed E-state index contributed by atoms with van der Waals surface area (Å²) in [5.41, 5.74) is 11.5. The molecule has 8 rings (SSSR count). The van der Waals surface area contributed by atoms with Crippen molar-refractivity contribution in [1.29, 1.82) is 0 Å². The monoisotopic (exact) mass is 601 g/mol. The quantitative estimate of drug-likeness (QED) is 0.185. The second-order valence-electron chi connectivity index (χ2n) is 13.0. The molecule has 0 saturated heterocycles. The van der Waals surface area contributed by atoms with Crippen LogP contribution < -0.4 is 15.3 Å². The van der Waals surface area contributed by atoms with Crippen molar-refractivity contribution in [2.24, 2.45) is 0 Å². The normalized spacial score (nSPS) is 15.1. The Kier molecular flexibility index (Phi) is 6.27. The van der Waals surface area contributed by atoms with Crippen molar-refractivity contribution in [3.63, 3.8) is 0 Å². The molecule has 0 N–H and O–H groups in total. The second kappa shape index (κ2) is 10.1. The van der Waals surface area contributed by atoms with E-state index in [2.05, 4.69) is 171 Å². The van der Waals surface area contributed by atoms with Gasteiger partial charge in [-0.1, -0.05) is 142 Å². The first-order chi connectivity index (χ1) is 21.3. The largest absolute Gasteiger partial charge is 0.309 e. The Bertz CT molecular complexity index is 2040. The van der Waals surface area contributed by atoms with Gasteiger partial charge in [0.15, 0.2) is 0 Å². The molecule has 0 amide bonds. The fourth-order valence-electron chi connectivity index (χ4n) is 7.32. The Labute approximate surface area is 266 Å². The van der Waals surface area contributed by atoms with Gasteiger partial charge in [-0.15, -0.1) is 0 Å². The van der Waals surface area contributed by atoms with Crippen LogP contribution in [0.1, 0.15) is 25.0 Å². The molecule has 1 heterocycles. The lowest BCUT2D eigenvalue weighted by molar-refractivity contribution is 0.660. The van der Waals surface area contributed by atoms with E-state index in [0.29, 0.717) is 0 Å². The summed E-state index contributed by atoms with van der Waals surface area (Å²) in [5, 5.41) is 3.05. The number of benzene rings is 6. The molecule has 2 aliphatic rings. The molecule has 1 aliphatic carbocycles. The van der Waals surface area contributed by atoms with E-state index in [1.165, 1.54) is 70.6 Å². The maximum absolute atomic E-state index is 2.50. The Balaban J connectivity index is 1.33. The van der Waals surface area contributed by atoms with Gasteiger partial charge >= 0.3 is 0 Å². The maximum Gasteiger partial charge on any atom is 0.115 e. The number of rotatable bonds is 4. The number of fused-ring (bicyclic) bond motifs is 5. The van der Waals surface area contributed by atoms with Crippen LogP contribution in [0.15, 0.2) is 149 Å². The summed E-state index contributed by atoms with van der Waals surface area (Å²) in [6, 6.07) is 51.8. The van der Waals surface area contributed by atoms with Crippen molar-refractivity contribution in [3.8, 4) is 22.3 Å². The lowest BCUT2D eigenvalue weighted by atomic mass is 9.82. The lowest BCUT2D eigenvalue weighted by Crippen LogP contribution is -2.56. The van der Waals surface area contributed by atoms with Crippen molar-refractivity contribution >= 4 is 47.3 Å². The molecule has 44 heavy (non-hydrogen) atoms. The Hall–Kier alpha value is -4.31. The number of anilines is 3. The minimum Gasteiger partial charge on any atom is -0.309 e. The van der Waals surface area contributed by atoms with Crippen molar-refractivity contribution in [3.05, 3.63) is 151 Å². The highest BCUT2D eigenvalue weighted by molar-refractivity contribution is 8.00. The van der Waals surface area contributed by atoms with E-state index in [1.54, 1.807) is 0 Å². The van der Waals surface area contributed by atoms with Gasteiger partial charge in [0, 0.05) is 26.6 Å². The zero-order chi connectivity index (χ0) is 30.1. The highest BCUT2D eigenvalue weighted by Gasteiger charge is 2.38. The van der Waals surface area contributed by atoms with Crippen LogP contribution in [-0.2, 0) is 5.41 Å². The second-order valence-corrected chi connectivity index (χ2v) is 18.4. The zero-order valence-corrected chi connectivity index (χ0v) is 27.5. The Morgan fingerprint density at radius 1 is 0.545 bits per heavy atom. The van der Waals surface area contributed by atoms with E-state index in [-0.39, 0.29) is 5.41 Å². The summed E-state index contributed by atoms with van der Waals surface area (Å²) in [4.78, 5) is 5.28. The maximum atomic E-state index is 2.50. The predicted molar refractivity (Wildman–Crippen MR) is 191 cm³/mol. The molecule has 1 nitrogen and oxygen atoms in total. The van der Waals surface area contributed by atoms with Crippen LogP contribution >= 0.6 is 11.8 Å². The first-order valence-corrected chi connectivity index (χ1v) is 19.3. The van der Waals surface area contributed by atoms with E-state index in [9.17, 15) is 0 Å². The molecule has 0 spiro atoms. The van der Waals surface area contributed by atoms with Crippen molar-refractivity contribution < 1.29 is 0 Å². The van der Waals surface area contributed by atoms with Crippen LogP contribution in [-0.4, -0.2) is 8.07 Å². The van der Waals surface area contributed by atoms with Gasteiger partial charge in [-0.3, -0.25) is 0 Å². The summed E-state index contributed by atoms with van der Waals surface area (Å²) in [7, 11) is -1.89. The molecular weight excluding hydrogens is 567 g/mol. The fraction of sp³-hybridized carbons (Fsp3) is 0.122. The number of nitrogens with zero attached hydrogens (tertiary/aromatic N) is 1. The van der Waals surface area contributed by atoms with E-state index >= 15 is 0 Å². The van der Waals surface area contributed by atoms with Gasteiger partial charge < -0.3 is 4.90 Å². The van der Waals surface area contributed by atoms with Crippen molar-refractivity contribution in [2.45, 2.75) is 42.1 Å². The van der Waals surface area contributed by atoms with Gasteiger partial charge in [-0.05, 0) is 80.2 Å². The third-order valence-electron chi connectivity index (χ3n) is 9.74. The third kappa shape index (κ3) is 4.14. The molecule has 0 atom stereocenters. The van der Waals surface area contributed by atoms with E-state index in [4.69, 9.17) is 0 Å². The van der Waals surface area contributed by atoms with E-state index in [0.717, 1.165) is 0 Å². The molecule has 1 aliphatic heterocycles. The van der Waals surface area contributed by atoms with Crippen molar-refractivity contribution in [2.75, 3.05) is 4.90 Å². The first-order valence-electron chi connectivity index (χ1n) is 15.4. The highest BCUT2D eigenvalue weighted by atomic mass is 32.2. The molecule has 214 valence electrons. The minimum atomic E-state index is -1.89. The summed E-state index contributed by atoms with van der Waals surface area (Å²) >= 11 is 1.94. The van der Waals surface area contributed by atoms with Gasteiger partial charge in [0.05, 0.1) is 5.69 Å². The average Bonchev–Trinajstić information content (AvgIpc) is 3.28. The first kappa shape index (κ1) is 27.3. The summed E-state index contributed by atoms with van der Waals surface area (Å²) < 4.78 is 0. The Morgan fingerprint density at radius 2 is 1.18 bits per heavy atom. The minimum absolute atomic E-state index is 0.0660. The van der Waals surface area contributed by atoms with Gasteiger partial charge in [0.2, 0.25) is 0 Å². The molecular formula is C41H35NSSi. The Morgan fingerprint density at radius 3 is 2.00 bits per heavy atom. The highest BCUT2D eigenvalue weighted by Crippen LogP contribution is 2.51. The molecule has 0 bridgehead atoms. The fourth-order valence-corrected chi connectivity index (χ4v) is 12.9. The standard InChI is InChI=1S/C41H35NSSi/c1-41(2)34-16-9-8-15-32(34)33-26-25-31(27-35(33)41)42(30-23-21-29(22-24-30)28-13-6-5-7-14-28)36-17-12-20-39-40(36)43-37-18-10-11-19-38(37)44(39,3)4/h5-27H,1-4H3. The van der Waals surface area contributed by atoms with Gasteiger partial charge in [-0.25, -0.2) is 0 Å². The number of hydrogen-bond acceptors (Lipinski definition) is 2. The van der Waals surface area contributed by atoms with E-state index in [1.807, 2.05) is 11.8 Å². The van der Waals surface area contributed by atoms with Gasteiger partial charge in [-0.2, -0.15) is 0 Å². The SMILES string of the molecule is CC1(C)c2ccccc2-c2ccc(N(c3ccc(-c4ccccc4)cc3)c3cccc4c3Sc3ccccc3[Si]4(C)C)cc21. The molecule has 0 aromatic heterocycles. The number of hydrogen-bond donors (Lipinski definition) is 0. The molecule has 6 aromatic carbocycles. The van der Waals surface area contributed by atoms with Crippen LogP contribution in [0.3, 0.4) is 0 Å². The summed E-state index contributed by atoms with van der Waals surface area (Å²) in [5.74, 6) is 0. The average molecular weight is 602 g/mol. The summed E-state index contributed by atoms with van der Waals surface area (Å²) in [6.45, 7) is 9.74. The third-order valence-corrected chi connectivity index (χ3v) is 14.9.